The molecule has 9 nitrogen and oxygen atoms in total. The second-order valence-electron chi connectivity index (χ2n) is 13.0. The van der Waals surface area contributed by atoms with E-state index >= 15 is 0 Å². The summed E-state index contributed by atoms with van der Waals surface area (Å²) in [6.45, 7) is 6.48. The molecule has 7 unspecified atom stereocenters. The maximum atomic E-state index is 13.1. The normalized spacial score (nSPS) is 34.4. The van der Waals surface area contributed by atoms with E-state index in [1.165, 1.54) is 12.8 Å². The fourth-order valence-electron chi connectivity index (χ4n) is 7.14. The highest BCUT2D eigenvalue weighted by Crippen LogP contribution is 2.30. The van der Waals surface area contributed by atoms with Crippen LogP contribution in [0.4, 0.5) is 14.4 Å². The fraction of sp³-hybridized carbons (Fsp3) is 0.900. The minimum absolute atomic E-state index is 0.000742. The molecule has 0 saturated heterocycles. The Bertz CT molecular complexity index is 813. The van der Waals surface area contributed by atoms with E-state index in [9.17, 15) is 14.4 Å². The Labute approximate surface area is 234 Å². The first-order valence-electron chi connectivity index (χ1n) is 15.8. The third kappa shape index (κ3) is 9.17. The second kappa shape index (κ2) is 14.4. The highest BCUT2D eigenvalue weighted by molar-refractivity contribution is 5.75. The van der Waals surface area contributed by atoms with Crippen molar-refractivity contribution in [3.05, 3.63) is 0 Å². The van der Waals surface area contributed by atoms with Crippen molar-refractivity contribution < 1.29 is 23.9 Å². The summed E-state index contributed by atoms with van der Waals surface area (Å²) in [6, 6.07) is -0.247. The van der Waals surface area contributed by atoms with Gasteiger partial charge in [0, 0.05) is 24.2 Å². The zero-order valence-corrected chi connectivity index (χ0v) is 24.3. The Kier molecular flexibility index (Phi) is 11.0. The summed E-state index contributed by atoms with van der Waals surface area (Å²) in [5.41, 5.74) is 0. The Hall–Kier alpha value is -2.19. The van der Waals surface area contributed by atoms with Gasteiger partial charge in [-0.3, -0.25) is 0 Å². The van der Waals surface area contributed by atoms with Crippen molar-refractivity contribution in [2.24, 2.45) is 17.8 Å². The van der Waals surface area contributed by atoms with Gasteiger partial charge in [0.05, 0.1) is 0 Å². The molecular weight excluding hydrogens is 496 g/mol. The lowest BCUT2D eigenvalue weighted by molar-refractivity contribution is 0.0662. The summed E-state index contributed by atoms with van der Waals surface area (Å²) < 4.78 is 11.3. The van der Waals surface area contributed by atoms with E-state index in [-0.39, 0.29) is 54.6 Å². The largest absolute Gasteiger partial charge is 0.446 e. The Morgan fingerprint density at radius 2 is 1.00 bits per heavy atom. The number of carbonyl (C=O) groups excluding carboxylic acids is 3. The van der Waals surface area contributed by atoms with Crippen LogP contribution in [0.1, 0.15) is 117 Å². The number of nitrogens with one attached hydrogen (secondary N) is 4. The van der Waals surface area contributed by atoms with E-state index in [4.69, 9.17) is 9.47 Å². The number of rotatable bonds is 6. The van der Waals surface area contributed by atoms with Crippen molar-refractivity contribution >= 4 is 18.2 Å². The summed E-state index contributed by atoms with van der Waals surface area (Å²) >= 11 is 0. The third-order valence-electron chi connectivity index (χ3n) is 9.73. The summed E-state index contributed by atoms with van der Waals surface area (Å²) in [7, 11) is 0. The lowest BCUT2D eigenvalue weighted by atomic mass is 9.76. The van der Waals surface area contributed by atoms with Gasteiger partial charge in [0.15, 0.2) is 0 Å². The molecular formula is C30H52N4O5. The van der Waals surface area contributed by atoms with Crippen LogP contribution in [0.2, 0.25) is 0 Å². The number of ether oxygens (including phenoxy) is 2. The van der Waals surface area contributed by atoms with Crippen LogP contribution in [-0.4, -0.2) is 54.6 Å². The smallest absolute Gasteiger partial charge is 0.407 e. The van der Waals surface area contributed by atoms with Gasteiger partial charge in [-0.05, 0) is 101 Å². The summed E-state index contributed by atoms with van der Waals surface area (Å²) in [5, 5.41) is 12.5. The molecule has 0 aromatic rings. The molecule has 39 heavy (non-hydrogen) atoms. The van der Waals surface area contributed by atoms with Gasteiger partial charge in [0.25, 0.3) is 0 Å². The summed E-state index contributed by atoms with van der Waals surface area (Å²) in [4.78, 5) is 38.1. The molecule has 222 valence electrons. The van der Waals surface area contributed by atoms with Gasteiger partial charge in [-0.15, -0.1) is 0 Å². The molecule has 7 atom stereocenters. The fourth-order valence-corrected chi connectivity index (χ4v) is 7.14. The summed E-state index contributed by atoms with van der Waals surface area (Å²) in [5.74, 6) is 0.959. The van der Waals surface area contributed by atoms with E-state index in [0.29, 0.717) is 30.6 Å². The highest BCUT2D eigenvalue weighted by atomic mass is 16.6. The van der Waals surface area contributed by atoms with E-state index in [2.05, 4.69) is 42.0 Å². The molecule has 4 fully saturated rings. The minimum atomic E-state index is -0.326. The number of hydrogen-bond acceptors (Lipinski definition) is 5. The number of amides is 4. The minimum Gasteiger partial charge on any atom is -0.446 e. The first kappa shape index (κ1) is 29.8. The molecule has 9 heteroatoms. The summed E-state index contributed by atoms with van der Waals surface area (Å²) in [6.07, 6.45) is 14.3. The van der Waals surface area contributed by atoms with Crippen molar-refractivity contribution in [1.29, 1.82) is 0 Å². The number of carbonyl (C=O) groups is 3. The first-order chi connectivity index (χ1) is 18.8. The van der Waals surface area contributed by atoms with Crippen molar-refractivity contribution in [3.8, 4) is 0 Å². The average Bonchev–Trinajstić information content (AvgIpc) is 2.90. The molecule has 0 heterocycles. The van der Waals surface area contributed by atoms with Crippen LogP contribution in [-0.2, 0) is 9.47 Å². The molecule has 4 aliphatic carbocycles. The molecule has 4 saturated carbocycles. The Balaban J connectivity index is 1.22. The van der Waals surface area contributed by atoms with Crippen LogP contribution < -0.4 is 21.3 Å². The van der Waals surface area contributed by atoms with Crippen molar-refractivity contribution in [2.45, 2.75) is 153 Å². The van der Waals surface area contributed by atoms with Gasteiger partial charge in [-0.25, -0.2) is 14.4 Å². The molecule has 4 rings (SSSR count). The maximum Gasteiger partial charge on any atom is 0.407 e. The maximum absolute atomic E-state index is 13.1. The Morgan fingerprint density at radius 1 is 0.513 bits per heavy atom. The first-order valence-corrected chi connectivity index (χ1v) is 15.8. The van der Waals surface area contributed by atoms with Gasteiger partial charge in [-0.2, -0.15) is 0 Å². The zero-order valence-electron chi connectivity index (χ0n) is 24.3. The molecule has 0 radical (unpaired) electrons. The monoisotopic (exact) mass is 548 g/mol. The van der Waals surface area contributed by atoms with E-state index in [1.54, 1.807) is 0 Å². The molecule has 4 amide bonds. The predicted octanol–water partition coefficient (Wildman–Crippen LogP) is 5.76. The lowest BCUT2D eigenvalue weighted by Crippen LogP contribution is -2.57. The van der Waals surface area contributed by atoms with Gasteiger partial charge in [-0.1, -0.05) is 33.6 Å². The van der Waals surface area contributed by atoms with Gasteiger partial charge >= 0.3 is 18.2 Å². The number of hydrogen-bond donors (Lipinski definition) is 4. The van der Waals surface area contributed by atoms with Gasteiger partial charge < -0.3 is 30.7 Å². The van der Waals surface area contributed by atoms with Crippen LogP contribution in [0.25, 0.3) is 0 Å². The van der Waals surface area contributed by atoms with Crippen molar-refractivity contribution in [3.63, 3.8) is 0 Å². The van der Waals surface area contributed by atoms with Crippen LogP contribution in [0, 0.1) is 17.8 Å². The van der Waals surface area contributed by atoms with Crippen LogP contribution >= 0.6 is 0 Å². The molecule has 0 bridgehead atoms. The van der Waals surface area contributed by atoms with Crippen LogP contribution in [0.3, 0.4) is 0 Å². The second-order valence-corrected chi connectivity index (χ2v) is 13.0. The topological polar surface area (TPSA) is 118 Å². The number of urea groups is 1. The predicted molar refractivity (Wildman–Crippen MR) is 150 cm³/mol. The molecule has 0 spiro atoms. The Morgan fingerprint density at radius 3 is 1.56 bits per heavy atom. The van der Waals surface area contributed by atoms with Crippen LogP contribution in [0.15, 0.2) is 0 Å². The molecule has 0 aliphatic heterocycles. The molecule has 0 aromatic heterocycles. The zero-order chi connectivity index (χ0) is 27.8. The van der Waals surface area contributed by atoms with Crippen molar-refractivity contribution in [1.82, 2.24) is 21.3 Å². The SMILES string of the molecule is CC1CCC(NC(=O)OC2CCCCC2)CC1NC(=O)NC1CC(NC(=O)OC2CCCCC2)C(C)CC1C. The van der Waals surface area contributed by atoms with Crippen molar-refractivity contribution in [2.75, 3.05) is 0 Å². The molecule has 4 N–H and O–H groups in total. The molecule has 4 aliphatic rings. The van der Waals surface area contributed by atoms with E-state index in [1.807, 2.05) is 0 Å². The van der Waals surface area contributed by atoms with Gasteiger partial charge in [0.1, 0.15) is 12.2 Å². The molecule has 0 aromatic carbocycles. The quantitative estimate of drug-likeness (QED) is 0.336. The average molecular weight is 549 g/mol. The number of alkyl carbamates (subject to hydrolysis) is 2. The standard InChI is InChI=1S/C30H52N4O5/c1-19-14-15-22(31-29(36)38-23-10-6-4-7-11-23)17-25(19)32-28(35)33-26-18-27(21(3)16-20(26)2)34-30(37)39-24-12-8-5-9-13-24/h19-27H,4-18H2,1-3H3,(H,31,36)(H,34,37)(H2,32,33,35). The van der Waals surface area contributed by atoms with E-state index < -0.39 is 0 Å². The van der Waals surface area contributed by atoms with Crippen LogP contribution in [0.5, 0.6) is 0 Å². The third-order valence-corrected chi connectivity index (χ3v) is 9.73. The lowest BCUT2D eigenvalue weighted by Gasteiger charge is -2.40. The van der Waals surface area contributed by atoms with Gasteiger partial charge in [0.2, 0.25) is 0 Å². The van der Waals surface area contributed by atoms with E-state index in [0.717, 1.165) is 70.6 Å². The highest BCUT2D eigenvalue weighted by Gasteiger charge is 2.36.